The van der Waals surface area contributed by atoms with Crippen molar-refractivity contribution in [1.29, 1.82) is 0 Å². The number of aryl methyl sites for hydroxylation is 1. The number of hydrogen-bond acceptors (Lipinski definition) is 3. The van der Waals surface area contributed by atoms with Gasteiger partial charge in [-0.15, -0.1) is 0 Å². The van der Waals surface area contributed by atoms with Gasteiger partial charge in [0.25, 0.3) is 0 Å². The van der Waals surface area contributed by atoms with Crippen molar-refractivity contribution in [2.75, 3.05) is 5.75 Å². The lowest BCUT2D eigenvalue weighted by molar-refractivity contribution is 0.553. The molecule has 0 radical (unpaired) electrons. The molecule has 19 heavy (non-hydrogen) atoms. The van der Waals surface area contributed by atoms with Crippen molar-refractivity contribution in [1.82, 2.24) is 4.57 Å². The van der Waals surface area contributed by atoms with Gasteiger partial charge in [0.05, 0.1) is 10.5 Å². The quantitative estimate of drug-likeness (QED) is 0.869. The lowest BCUT2D eigenvalue weighted by Gasteiger charge is -2.19. The molecule has 5 heteroatoms. The fraction of sp³-hybridized carbons (Fsp3) is 0.714. The van der Waals surface area contributed by atoms with E-state index in [1.165, 1.54) is 5.56 Å². The summed E-state index contributed by atoms with van der Waals surface area (Å²) in [5, 5.41) is 0. The molecule has 1 heterocycles. The summed E-state index contributed by atoms with van der Waals surface area (Å²) in [7, 11) is -3.06. The minimum atomic E-state index is -3.06. The van der Waals surface area contributed by atoms with Crippen LogP contribution in [0.15, 0.2) is 18.5 Å². The van der Waals surface area contributed by atoms with Crippen LogP contribution in [0.1, 0.15) is 39.7 Å². The molecule has 1 aromatic rings. The largest absolute Gasteiger partial charge is 0.353 e. The Kier molecular flexibility index (Phi) is 5.21. The summed E-state index contributed by atoms with van der Waals surface area (Å²) in [6.07, 6.45) is 5.71. The zero-order valence-corrected chi connectivity index (χ0v) is 13.2. The summed E-state index contributed by atoms with van der Waals surface area (Å²) in [5.41, 5.74) is 7.08. The van der Waals surface area contributed by atoms with Crippen LogP contribution in [0.5, 0.6) is 0 Å². The number of rotatable bonds is 6. The first-order valence-electron chi connectivity index (χ1n) is 6.78. The second-order valence-corrected chi connectivity index (χ2v) is 8.92. The monoisotopic (exact) mass is 286 g/mol. The highest BCUT2D eigenvalue weighted by Crippen LogP contribution is 2.16. The number of hydrogen-bond donors (Lipinski definition) is 1. The molecule has 4 nitrogen and oxygen atoms in total. The van der Waals surface area contributed by atoms with E-state index < -0.39 is 14.6 Å². The Morgan fingerprint density at radius 3 is 2.53 bits per heavy atom. The van der Waals surface area contributed by atoms with Crippen LogP contribution in [0, 0.1) is 0 Å². The highest BCUT2D eigenvalue weighted by atomic mass is 32.2. The molecule has 0 saturated heterocycles. The number of sulfone groups is 1. The van der Waals surface area contributed by atoms with Gasteiger partial charge in [0, 0.05) is 25.0 Å². The van der Waals surface area contributed by atoms with Crippen molar-refractivity contribution in [3.8, 4) is 0 Å². The van der Waals surface area contributed by atoms with Crippen LogP contribution in [-0.2, 0) is 22.8 Å². The zero-order chi connectivity index (χ0) is 14.7. The summed E-state index contributed by atoms with van der Waals surface area (Å²) in [6.45, 7) is 7.79. The Balaban J connectivity index is 2.61. The number of aromatic nitrogens is 1. The second kappa shape index (κ2) is 6.09. The van der Waals surface area contributed by atoms with Crippen LogP contribution < -0.4 is 5.73 Å². The molecule has 0 aromatic carbocycles. The van der Waals surface area contributed by atoms with E-state index in [9.17, 15) is 8.42 Å². The van der Waals surface area contributed by atoms with Crippen LogP contribution in [0.4, 0.5) is 0 Å². The SMILES string of the molecule is CCC(N)Cc1ccn(CCS(=O)(=O)C(C)(C)C)c1. The molecule has 0 aliphatic carbocycles. The fourth-order valence-corrected chi connectivity index (χ4v) is 2.79. The number of nitrogens with zero attached hydrogens (tertiary/aromatic N) is 1. The van der Waals surface area contributed by atoms with Crippen molar-refractivity contribution in [2.24, 2.45) is 5.73 Å². The maximum absolute atomic E-state index is 12.0. The topological polar surface area (TPSA) is 65.1 Å². The van der Waals surface area contributed by atoms with E-state index in [0.29, 0.717) is 6.54 Å². The highest BCUT2D eigenvalue weighted by Gasteiger charge is 2.28. The van der Waals surface area contributed by atoms with Crippen molar-refractivity contribution in [2.45, 2.75) is 57.9 Å². The Morgan fingerprint density at radius 1 is 1.37 bits per heavy atom. The first-order chi connectivity index (χ1) is 8.65. The van der Waals surface area contributed by atoms with E-state index in [1.54, 1.807) is 20.8 Å². The third kappa shape index (κ3) is 4.66. The molecule has 0 bridgehead atoms. The Labute approximate surface area is 116 Å². The highest BCUT2D eigenvalue weighted by molar-refractivity contribution is 7.92. The van der Waals surface area contributed by atoms with Crippen molar-refractivity contribution >= 4 is 9.84 Å². The smallest absolute Gasteiger partial charge is 0.156 e. The molecule has 1 aromatic heterocycles. The first kappa shape index (κ1) is 16.2. The average molecular weight is 286 g/mol. The maximum Gasteiger partial charge on any atom is 0.156 e. The Morgan fingerprint density at radius 2 is 2.00 bits per heavy atom. The third-order valence-electron chi connectivity index (χ3n) is 3.39. The van der Waals surface area contributed by atoms with Gasteiger partial charge in [0.2, 0.25) is 0 Å². The standard InChI is InChI=1S/C14H26N2O2S/c1-5-13(15)10-12-6-7-16(11-12)8-9-19(17,18)14(2,3)4/h6-7,11,13H,5,8-10,15H2,1-4H3. The average Bonchev–Trinajstić information content (AvgIpc) is 2.72. The van der Waals surface area contributed by atoms with Gasteiger partial charge >= 0.3 is 0 Å². The molecule has 2 N–H and O–H groups in total. The molecule has 0 aliphatic heterocycles. The van der Waals surface area contributed by atoms with Crippen LogP contribution >= 0.6 is 0 Å². The van der Waals surface area contributed by atoms with E-state index >= 15 is 0 Å². The predicted molar refractivity (Wildman–Crippen MR) is 79.9 cm³/mol. The van der Waals surface area contributed by atoms with Gasteiger partial charge in [0.15, 0.2) is 9.84 Å². The molecular formula is C14H26N2O2S. The minimum absolute atomic E-state index is 0.171. The second-order valence-electron chi connectivity index (χ2n) is 6.06. The van der Waals surface area contributed by atoms with Crippen LogP contribution in [-0.4, -0.2) is 29.5 Å². The molecule has 1 rings (SSSR count). The maximum atomic E-state index is 12.0. The fourth-order valence-electron chi connectivity index (χ4n) is 1.73. The van der Waals surface area contributed by atoms with Gasteiger partial charge in [0.1, 0.15) is 0 Å². The summed E-state index contributed by atoms with van der Waals surface area (Å²) in [6, 6.07) is 2.19. The van der Waals surface area contributed by atoms with E-state index in [0.717, 1.165) is 12.8 Å². The van der Waals surface area contributed by atoms with Crippen molar-refractivity contribution in [3.63, 3.8) is 0 Å². The van der Waals surface area contributed by atoms with Gasteiger partial charge in [-0.2, -0.15) is 0 Å². The van der Waals surface area contributed by atoms with E-state index in [-0.39, 0.29) is 11.8 Å². The third-order valence-corrected chi connectivity index (χ3v) is 5.97. The van der Waals surface area contributed by atoms with Crippen LogP contribution in [0.25, 0.3) is 0 Å². The lowest BCUT2D eigenvalue weighted by atomic mass is 10.1. The van der Waals surface area contributed by atoms with E-state index in [1.807, 2.05) is 23.0 Å². The number of nitrogens with two attached hydrogens (primary N) is 1. The van der Waals surface area contributed by atoms with Crippen LogP contribution in [0.2, 0.25) is 0 Å². The summed E-state index contributed by atoms with van der Waals surface area (Å²) >= 11 is 0. The van der Waals surface area contributed by atoms with Gasteiger partial charge in [-0.25, -0.2) is 8.42 Å². The molecular weight excluding hydrogens is 260 g/mol. The summed E-state index contributed by atoms with van der Waals surface area (Å²) in [5.74, 6) is 0.171. The Hall–Kier alpha value is -0.810. The normalized spacial score (nSPS) is 14.6. The molecule has 0 fully saturated rings. The van der Waals surface area contributed by atoms with Gasteiger partial charge in [-0.1, -0.05) is 6.92 Å². The predicted octanol–water partition coefficient (Wildman–Crippen LogP) is 1.98. The molecule has 110 valence electrons. The molecule has 0 spiro atoms. The summed E-state index contributed by atoms with van der Waals surface area (Å²) < 4.78 is 25.3. The lowest BCUT2D eigenvalue weighted by Crippen LogP contribution is -2.31. The van der Waals surface area contributed by atoms with Crippen molar-refractivity contribution < 1.29 is 8.42 Å². The minimum Gasteiger partial charge on any atom is -0.353 e. The molecule has 0 amide bonds. The molecule has 0 aliphatic rings. The van der Waals surface area contributed by atoms with Gasteiger partial charge in [-0.3, -0.25) is 0 Å². The van der Waals surface area contributed by atoms with Crippen molar-refractivity contribution in [3.05, 3.63) is 24.0 Å². The Bertz CT molecular complexity index is 498. The van der Waals surface area contributed by atoms with Gasteiger partial charge < -0.3 is 10.3 Å². The molecule has 0 saturated carbocycles. The molecule has 1 unspecified atom stereocenters. The van der Waals surface area contributed by atoms with E-state index in [4.69, 9.17) is 5.73 Å². The van der Waals surface area contributed by atoms with E-state index in [2.05, 4.69) is 6.92 Å². The van der Waals surface area contributed by atoms with Gasteiger partial charge in [-0.05, 0) is 45.2 Å². The zero-order valence-electron chi connectivity index (χ0n) is 12.4. The summed E-state index contributed by atoms with van der Waals surface area (Å²) in [4.78, 5) is 0. The van der Waals surface area contributed by atoms with Crippen LogP contribution in [0.3, 0.4) is 0 Å². The first-order valence-corrected chi connectivity index (χ1v) is 8.43. The molecule has 1 atom stereocenters.